The van der Waals surface area contributed by atoms with Crippen LogP contribution in [0, 0.1) is 0 Å². The standard InChI is InChI=1S/C20H13BrCl2N4OS/c21-13-2-1-12-5-18(29-17(12)6-13)19-26-20(9-28-19,8-27-11-24-10-25-27)15-4-3-14(22)7-16(15)23/h1-7,10-11H,8-9H2. The van der Waals surface area contributed by atoms with Crippen molar-refractivity contribution in [3.63, 3.8) is 0 Å². The highest BCUT2D eigenvalue weighted by Crippen LogP contribution is 2.40. The van der Waals surface area contributed by atoms with Gasteiger partial charge in [-0.1, -0.05) is 51.3 Å². The smallest absolute Gasteiger partial charge is 0.227 e. The SMILES string of the molecule is Clc1ccc(C2(Cn3cncn3)COC(c3cc4ccc(Br)cc4s3)=N2)c(Cl)c1. The molecule has 29 heavy (non-hydrogen) atoms. The van der Waals surface area contributed by atoms with Gasteiger partial charge < -0.3 is 4.74 Å². The summed E-state index contributed by atoms with van der Waals surface area (Å²) in [5.41, 5.74) is 0.125. The van der Waals surface area contributed by atoms with Gasteiger partial charge in [0.15, 0.2) is 0 Å². The van der Waals surface area contributed by atoms with Crippen molar-refractivity contribution in [3.8, 4) is 0 Å². The van der Waals surface area contributed by atoms with Crippen LogP contribution in [0.2, 0.25) is 10.0 Å². The molecule has 0 amide bonds. The molecule has 2 aromatic heterocycles. The Morgan fingerprint density at radius 2 is 2.07 bits per heavy atom. The lowest BCUT2D eigenvalue weighted by Gasteiger charge is -2.25. The van der Waals surface area contributed by atoms with Crippen LogP contribution in [-0.4, -0.2) is 27.3 Å². The quantitative estimate of drug-likeness (QED) is 0.343. The normalized spacial score (nSPS) is 18.8. The molecule has 0 aliphatic carbocycles. The first-order valence-electron chi connectivity index (χ1n) is 8.72. The van der Waals surface area contributed by atoms with Gasteiger partial charge in [0.1, 0.15) is 24.8 Å². The van der Waals surface area contributed by atoms with Crippen molar-refractivity contribution in [3.05, 3.63) is 80.1 Å². The highest BCUT2D eigenvalue weighted by Gasteiger charge is 2.41. The van der Waals surface area contributed by atoms with Crippen molar-refractivity contribution in [2.75, 3.05) is 6.61 Å². The number of rotatable bonds is 4. The Bertz CT molecular complexity index is 1240. The van der Waals surface area contributed by atoms with Gasteiger partial charge in [-0.2, -0.15) is 5.10 Å². The number of aromatic nitrogens is 3. The molecule has 5 nitrogen and oxygen atoms in total. The molecule has 0 saturated carbocycles. The third kappa shape index (κ3) is 3.57. The van der Waals surface area contributed by atoms with Gasteiger partial charge in [-0.3, -0.25) is 4.68 Å². The summed E-state index contributed by atoms with van der Waals surface area (Å²) < 4.78 is 10.0. The van der Waals surface area contributed by atoms with Gasteiger partial charge in [0.25, 0.3) is 0 Å². The average molecular weight is 508 g/mol. The first kappa shape index (κ1) is 19.1. The second-order valence-electron chi connectivity index (χ2n) is 6.75. The van der Waals surface area contributed by atoms with E-state index < -0.39 is 5.54 Å². The van der Waals surface area contributed by atoms with E-state index in [1.54, 1.807) is 28.4 Å². The summed E-state index contributed by atoms with van der Waals surface area (Å²) in [5, 5.41) is 6.52. The second kappa shape index (κ2) is 7.40. The van der Waals surface area contributed by atoms with Crippen LogP contribution in [0.5, 0.6) is 0 Å². The average Bonchev–Trinajstić information content (AvgIpc) is 3.41. The molecular weight excluding hydrogens is 495 g/mol. The minimum absolute atomic E-state index is 0.349. The lowest BCUT2D eigenvalue weighted by atomic mass is 9.91. The Hall–Kier alpha value is -1.93. The van der Waals surface area contributed by atoms with Crippen LogP contribution in [0.4, 0.5) is 0 Å². The molecule has 0 spiro atoms. The molecule has 0 bridgehead atoms. The fraction of sp³-hybridized carbons (Fsp3) is 0.150. The van der Waals surface area contributed by atoms with Gasteiger partial charge in [0, 0.05) is 24.8 Å². The van der Waals surface area contributed by atoms with Gasteiger partial charge in [-0.05, 0) is 35.7 Å². The Morgan fingerprint density at radius 3 is 2.86 bits per heavy atom. The fourth-order valence-corrected chi connectivity index (χ4v) is 5.58. The molecule has 1 aliphatic rings. The summed E-state index contributed by atoms with van der Waals surface area (Å²) in [5.74, 6) is 0.605. The monoisotopic (exact) mass is 506 g/mol. The number of hydrogen-bond acceptors (Lipinski definition) is 5. The van der Waals surface area contributed by atoms with Crippen LogP contribution in [0.1, 0.15) is 10.4 Å². The second-order valence-corrected chi connectivity index (χ2v) is 9.59. The number of benzene rings is 2. The van der Waals surface area contributed by atoms with Crippen molar-refractivity contribution in [1.82, 2.24) is 14.8 Å². The summed E-state index contributed by atoms with van der Waals surface area (Å²) in [6.07, 6.45) is 3.16. The molecule has 0 fully saturated rings. The van der Waals surface area contributed by atoms with E-state index in [1.807, 2.05) is 18.2 Å². The molecule has 0 radical (unpaired) electrons. The van der Waals surface area contributed by atoms with E-state index in [0.717, 1.165) is 20.3 Å². The van der Waals surface area contributed by atoms with Gasteiger partial charge in [-0.25, -0.2) is 9.98 Å². The largest absolute Gasteiger partial charge is 0.474 e. The number of halogens is 3. The highest BCUT2D eigenvalue weighted by atomic mass is 79.9. The first-order valence-corrected chi connectivity index (χ1v) is 11.1. The highest BCUT2D eigenvalue weighted by molar-refractivity contribution is 9.10. The fourth-order valence-electron chi connectivity index (χ4n) is 3.44. The van der Waals surface area contributed by atoms with Crippen LogP contribution in [0.25, 0.3) is 10.1 Å². The number of fused-ring (bicyclic) bond motifs is 1. The summed E-state index contributed by atoms with van der Waals surface area (Å²) in [4.78, 5) is 10.0. The van der Waals surface area contributed by atoms with E-state index in [2.05, 4.69) is 44.2 Å². The summed E-state index contributed by atoms with van der Waals surface area (Å²) >= 11 is 17.8. The number of nitrogens with zero attached hydrogens (tertiary/aromatic N) is 4. The summed E-state index contributed by atoms with van der Waals surface area (Å²) in [7, 11) is 0. The number of hydrogen-bond donors (Lipinski definition) is 0. The Labute approximate surface area is 189 Å². The lowest BCUT2D eigenvalue weighted by Crippen LogP contribution is -2.32. The van der Waals surface area contributed by atoms with E-state index in [4.69, 9.17) is 32.9 Å². The van der Waals surface area contributed by atoms with E-state index in [0.29, 0.717) is 29.1 Å². The van der Waals surface area contributed by atoms with E-state index >= 15 is 0 Å². The zero-order valence-electron chi connectivity index (χ0n) is 14.8. The molecule has 1 unspecified atom stereocenters. The topological polar surface area (TPSA) is 52.3 Å². The molecule has 146 valence electrons. The van der Waals surface area contributed by atoms with Crippen molar-refractivity contribution in [1.29, 1.82) is 0 Å². The molecule has 1 aliphatic heterocycles. The van der Waals surface area contributed by atoms with Gasteiger partial charge in [0.2, 0.25) is 5.90 Å². The molecule has 1 atom stereocenters. The Morgan fingerprint density at radius 1 is 1.17 bits per heavy atom. The zero-order chi connectivity index (χ0) is 20.0. The van der Waals surface area contributed by atoms with Crippen molar-refractivity contribution in [2.24, 2.45) is 4.99 Å². The van der Waals surface area contributed by atoms with E-state index in [1.165, 1.54) is 11.0 Å². The van der Waals surface area contributed by atoms with E-state index in [-0.39, 0.29) is 0 Å². The van der Waals surface area contributed by atoms with Crippen LogP contribution < -0.4 is 0 Å². The maximum Gasteiger partial charge on any atom is 0.227 e. The van der Waals surface area contributed by atoms with Crippen molar-refractivity contribution in [2.45, 2.75) is 12.1 Å². The molecule has 4 aromatic rings. The molecule has 9 heteroatoms. The van der Waals surface area contributed by atoms with Crippen molar-refractivity contribution >= 4 is 66.5 Å². The van der Waals surface area contributed by atoms with Crippen LogP contribution >= 0.6 is 50.5 Å². The first-order chi connectivity index (χ1) is 14.0. The maximum atomic E-state index is 6.56. The lowest BCUT2D eigenvalue weighted by molar-refractivity contribution is 0.230. The Balaban J connectivity index is 1.62. The van der Waals surface area contributed by atoms with Gasteiger partial charge in [-0.15, -0.1) is 11.3 Å². The third-order valence-corrected chi connectivity index (χ3v) is 6.91. The zero-order valence-corrected chi connectivity index (χ0v) is 18.8. The van der Waals surface area contributed by atoms with Crippen LogP contribution in [-0.2, 0) is 16.8 Å². The third-order valence-electron chi connectivity index (χ3n) is 4.78. The van der Waals surface area contributed by atoms with Crippen LogP contribution in [0.15, 0.2) is 64.6 Å². The summed E-state index contributed by atoms with van der Waals surface area (Å²) in [6, 6.07) is 13.7. The minimum Gasteiger partial charge on any atom is -0.474 e. The predicted octanol–water partition coefficient (Wildman–Crippen LogP) is 5.93. The molecule has 2 aromatic carbocycles. The number of ether oxygens (including phenoxy) is 1. The molecule has 0 saturated heterocycles. The van der Waals surface area contributed by atoms with Gasteiger partial charge in [0.05, 0.1) is 11.4 Å². The van der Waals surface area contributed by atoms with Crippen LogP contribution in [0.3, 0.4) is 0 Å². The molecular formula is C20H13BrCl2N4OS. The molecule has 3 heterocycles. The van der Waals surface area contributed by atoms with Crippen molar-refractivity contribution < 1.29 is 4.74 Å². The number of thiophene rings is 1. The predicted molar refractivity (Wildman–Crippen MR) is 120 cm³/mol. The Kier molecular flexibility index (Phi) is 4.86. The molecule has 5 rings (SSSR count). The molecule has 0 N–H and O–H groups in total. The van der Waals surface area contributed by atoms with E-state index in [9.17, 15) is 0 Å². The maximum absolute atomic E-state index is 6.56. The van der Waals surface area contributed by atoms with Gasteiger partial charge >= 0.3 is 0 Å². The number of aliphatic imine (C=N–C) groups is 1. The minimum atomic E-state index is -0.721. The summed E-state index contributed by atoms with van der Waals surface area (Å²) in [6.45, 7) is 0.801.